The number of halogens is 1. The van der Waals surface area contributed by atoms with Gasteiger partial charge < -0.3 is 9.80 Å². The third kappa shape index (κ3) is 4.16. The van der Waals surface area contributed by atoms with Gasteiger partial charge in [-0.2, -0.15) is 0 Å². The van der Waals surface area contributed by atoms with E-state index in [1.165, 1.54) is 12.1 Å². The van der Waals surface area contributed by atoms with E-state index in [0.717, 1.165) is 59.3 Å². The fourth-order valence-corrected chi connectivity index (χ4v) is 4.56. The molecule has 2 heterocycles. The summed E-state index contributed by atoms with van der Waals surface area (Å²) in [4.78, 5) is 17.0. The van der Waals surface area contributed by atoms with Crippen LogP contribution in [-0.4, -0.2) is 47.2 Å². The number of fused-ring (bicyclic) bond motifs is 1. The number of carbonyl (C=O) groups excluding carboxylic acids is 1. The largest absolute Gasteiger partial charge is 0.354 e. The first-order valence-corrected chi connectivity index (χ1v) is 11.2. The van der Waals surface area contributed by atoms with Crippen LogP contribution >= 0.6 is 0 Å². The molecular weight excluding hydrogens is 415 g/mol. The standard InChI is InChI=1S/C27H25FN4O/c1-31(27(33)20-7-3-2-4-8-20)22-15-17-32(18-16-22)26-24-10-6-5-9-23(24)25(29-30-26)19-11-13-21(28)14-12-19/h2-14,22H,15-18H2,1H3. The fraction of sp³-hybridized carbons (Fsp3) is 0.222. The van der Waals surface area contributed by atoms with Crippen molar-refractivity contribution in [2.45, 2.75) is 18.9 Å². The number of aromatic nitrogens is 2. The average molecular weight is 441 g/mol. The van der Waals surface area contributed by atoms with Crippen molar-refractivity contribution in [2.75, 3.05) is 25.0 Å². The molecule has 1 aliphatic heterocycles. The van der Waals surface area contributed by atoms with Crippen molar-refractivity contribution in [2.24, 2.45) is 0 Å². The molecule has 1 amide bonds. The van der Waals surface area contributed by atoms with Gasteiger partial charge in [0.25, 0.3) is 5.91 Å². The van der Waals surface area contributed by atoms with Gasteiger partial charge in [-0.3, -0.25) is 4.79 Å². The molecule has 0 unspecified atom stereocenters. The van der Waals surface area contributed by atoms with E-state index in [-0.39, 0.29) is 17.8 Å². The summed E-state index contributed by atoms with van der Waals surface area (Å²) >= 11 is 0. The number of hydrogen-bond donors (Lipinski definition) is 0. The molecule has 166 valence electrons. The van der Waals surface area contributed by atoms with Gasteiger partial charge in [-0.1, -0.05) is 42.5 Å². The monoisotopic (exact) mass is 440 g/mol. The third-order valence-corrected chi connectivity index (χ3v) is 6.44. The van der Waals surface area contributed by atoms with Gasteiger partial charge in [0.15, 0.2) is 5.82 Å². The van der Waals surface area contributed by atoms with Crippen LogP contribution in [0.4, 0.5) is 10.2 Å². The quantitative estimate of drug-likeness (QED) is 0.439. The lowest BCUT2D eigenvalue weighted by Crippen LogP contribution is -2.46. The van der Waals surface area contributed by atoms with E-state index in [4.69, 9.17) is 0 Å². The molecule has 1 aliphatic rings. The third-order valence-electron chi connectivity index (χ3n) is 6.44. The molecule has 0 aliphatic carbocycles. The molecule has 6 heteroatoms. The number of hydrogen-bond acceptors (Lipinski definition) is 4. The minimum atomic E-state index is -0.272. The van der Waals surface area contributed by atoms with Crippen LogP contribution in [0.2, 0.25) is 0 Å². The number of rotatable bonds is 4. The number of benzene rings is 3. The Balaban J connectivity index is 1.36. The first-order chi connectivity index (χ1) is 16.1. The minimum Gasteiger partial charge on any atom is -0.354 e. The summed E-state index contributed by atoms with van der Waals surface area (Å²) in [5.74, 6) is 0.640. The van der Waals surface area contributed by atoms with Crippen molar-refractivity contribution < 1.29 is 9.18 Å². The van der Waals surface area contributed by atoms with Gasteiger partial charge >= 0.3 is 0 Å². The predicted octanol–water partition coefficient (Wildman–Crippen LogP) is 5.18. The maximum absolute atomic E-state index is 13.4. The Kier molecular flexibility index (Phi) is 5.73. The number of nitrogens with zero attached hydrogens (tertiary/aromatic N) is 4. The Morgan fingerprint density at radius 1 is 0.879 bits per heavy atom. The molecule has 1 aromatic heterocycles. The second-order valence-corrected chi connectivity index (χ2v) is 8.42. The highest BCUT2D eigenvalue weighted by Crippen LogP contribution is 2.33. The molecule has 0 atom stereocenters. The molecule has 0 N–H and O–H groups in total. The van der Waals surface area contributed by atoms with Crippen molar-refractivity contribution in [3.8, 4) is 11.3 Å². The molecule has 0 bridgehead atoms. The highest BCUT2D eigenvalue weighted by Gasteiger charge is 2.27. The maximum Gasteiger partial charge on any atom is 0.253 e. The second kappa shape index (κ2) is 8.98. The lowest BCUT2D eigenvalue weighted by molar-refractivity contribution is 0.0709. The van der Waals surface area contributed by atoms with Crippen LogP contribution < -0.4 is 4.90 Å². The summed E-state index contributed by atoms with van der Waals surface area (Å²) in [6.07, 6.45) is 1.73. The number of anilines is 1. The van der Waals surface area contributed by atoms with Crippen LogP contribution in [0, 0.1) is 5.82 Å². The van der Waals surface area contributed by atoms with Crippen LogP contribution in [0.25, 0.3) is 22.0 Å². The van der Waals surface area contributed by atoms with E-state index in [0.29, 0.717) is 0 Å². The molecular formula is C27H25FN4O. The van der Waals surface area contributed by atoms with E-state index < -0.39 is 0 Å². The summed E-state index contributed by atoms with van der Waals surface area (Å²) in [6, 6.07) is 24.0. The highest BCUT2D eigenvalue weighted by atomic mass is 19.1. The van der Waals surface area contributed by atoms with Gasteiger partial charge in [0.05, 0.1) is 0 Å². The lowest BCUT2D eigenvalue weighted by Gasteiger charge is -2.37. The summed E-state index contributed by atoms with van der Waals surface area (Å²) in [6.45, 7) is 1.59. The zero-order chi connectivity index (χ0) is 22.8. The maximum atomic E-state index is 13.4. The summed E-state index contributed by atoms with van der Waals surface area (Å²) in [7, 11) is 1.89. The number of piperidine rings is 1. The fourth-order valence-electron chi connectivity index (χ4n) is 4.56. The SMILES string of the molecule is CN(C(=O)c1ccccc1)C1CCN(c2nnc(-c3ccc(F)cc3)c3ccccc23)CC1. The van der Waals surface area contributed by atoms with Gasteiger partial charge in [-0.15, -0.1) is 10.2 Å². The van der Waals surface area contributed by atoms with E-state index in [9.17, 15) is 9.18 Å². The topological polar surface area (TPSA) is 49.3 Å². The zero-order valence-corrected chi connectivity index (χ0v) is 18.5. The first-order valence-electron chi connectivity index (χ1n) is 11.2. The summed E-state index contributed by atoms with van der Waals surface area (Å²) in [5.41, 5.74) is 2.31. The molecule has 1 fully saturated rings. The van der Waals surface area contributed by atoms with Crippen LogP contribution in [-0.2, 0) is 0 Å². The molecule has 0 saturated carbocycles. The Labute approximate surface area is 192 Å². The van der Waals surface area contributed by atoms with Crippen molar-refractivity contribution in [1.82, 2.24) is 15.1 Å². The summed E-state index contributed by atoms with van der Waals surface area (Å²) < 4.78 is 13.4. The Morgan fingerprint density at radius 3 is 2.21 bits per heavy atom. The van der Waals surface area contributed by atoms with Crippen LogP contribution in [0.15, 0.2) is 78.9 Å². The van der Waals surface area contributed by atoms with Crippen LogP contribution in [0.1, 0.15) is 23.2 Å². The van der Waals surface area contributed by atoms with Gasteiger partial charge in [0, 0.05) is 48.1 Å². The summed E-state index contributed by atoms with van der Waals surface area (Å²) in [5, 5.41) is 11.1. The molecule has 0 spiro atoms. The smallest absolute Gasteiger partial charge is 0.253 e. The second-order valence-electron chi connectivity index (χ2n) is 8.42. The van der Waals surface area contributed by atoms with Crippen molar-refractivity contribution in [3.05, 3.63) is 90.2 Å². The number of carbonyl (C=O) groups is 1. The molecule has 1 saturated heterocycles. The highest BCUT2D eigenvalue weighted by molar-refractivity contribution is 6.00. The van der Waals surface area contributed by atoms with E-state index in [1.807, 2.05) is 60.5 Å². The molecule has 3 aromatic carbocycles. The van der Waals surface area contributed by atoms with Gasteiger partial charge in [-0.05, 0) is 49.2 Å². The molecule has 4 aromatic rings. The normalized spacial score (nSPS) is 14.4. The lowest BCUT2D eigenvalue weighted by atomic mass is 10.0. The average Bonchev–Trinajstić information content (AvgIpc) is 2.88. The van der Waals surface area contributed by atoms with E-state index in [2.05, 4.69) is 21.2 Å². The Hall–Kier alpha value is -3.80. The van der Waals surface area contributed by atoms with Gasteiger partial charge in [-0.25, -0.2) is 4.39 Å². The van der Waals surface area contributed by atoms with Crippen molar-refractivity contribution >= 4 is 22.5 Å². The van der Waals surface area contributed by atoms with Gasteiger partial charge in [0.2, 0.25) is 0 Å². The molecule has 5 rings (SSSR count). The van der Waals surface area contributed by atoms with Crippen LogP contribution in [0.3, 0.4) is 0 Å². The zero-order valence-electron chi connectivity index (χ0n) is 18.5. The molecule has 0 radical (unpaired) electrons. The minimum absolute atomic E-state index is 0.0583. The van der Waals surface area contributed by atoms with Crippen LogP contribution in [0.5, 0.6) is 0 Å². The van der Waals surface area contributed by atoms with Crippen molar-refractivity contribution in [3.63, 3.8) is 0 Å². The molecule has 5 nitrogen and oxygen atoms in total. The van der Waals surface area contributed by atoms with Crippen molar-refractivity contribution in [1.29, 1.82) is 0 Å². The van der Waals surface area contributed by atoms with E-state index >= 15 is 0 Å². The Bertz CT molecular complexity index is 1270. The Morgan fingerprint density at radius 2 is 1.52 bits per heavy atom. The molecule has 33 heavy (non-hydrogen) atoms. The predicted molar refractivity (Wildman–Crippen MR) is 129 cm³/mol. The first kappa shape index (κ1) is 21.1. The van der Waals surface area contributed by atoms with Gasteiger partial charge in [0.1, 0.15) is 11.5 Å². The van der Waals surface area contributed by atoms with E-state index in [1.54, 1.807) is 12.1 Å². The number of amides is 1.